The molecule has 6 nitrogen and oxygen atoms in total. The quantitative estimate of drug-likeness (QED) is 0.534. The van der Waals surface area contributed by atoms with Crippen molar-refractivity contribution in [1.29, 1.82) is 0 Å². The Labute approximate surface area is 155 Å². The number of fused-ring (bicyclic) bond motifs is 1. The number of nitrogens with zero attached hydrogens (tertiary/aromatic N) is 1. The lowest BCUT2D eigenvalue weighted by molar-refractivity contribution is -0.161. The summed E-state index contributed by atoms with van der Waals surface area (Å²) in [4.78, 5) is 37.5. The van der Waals surface area contributed by atoms with Crippen LogP contribution in [0.15, 0.2) is 30.3 Å². The van der Waals surface area contributed by atoms with Gasteiger partial charge in [0, 0.05) is 16.4 Å². The minimum absolute atomic E-state index is 0.153. The van der Waals surface area contributed by atoms with E-state index in [4.69, 9.17) is 0 Å². The molecule has 2 fully saturated rings. The molecule has 0 spiro atoms. The van der Waals surface area contributed by atoms with Crippen molar-refractivity contribution in [3.63, 3.8) is 0 Å². The number of carboxylic acids is 1. The van der Waals surface area contributed by atoms with Gasteiger partial charge in [0.2, 0.25) is 11.8 Å². The molecule has 134 valence electrons. The second kappa shape index (κ2) is 6.57. The number of rotatable bonds is 5. The number of β-lactam (4-membered cyclic amide) rings is 1. The van der Waals surface area contributed by atoms with E-state index >= 15 is 0 Å². The van der Waals surface area contributed by atoms with E-state index < -0.39 is 22.8 Å². The molecule has 3 rings (SSSR count). The van der Waals surface area contributed by atoms with Crippen LogP contribution in [0.5, 0.6) is 0 Å². The summed E-state index contributed by atoms with van der Waals surface area (Å²) in [6.45, 7) is 3.61. The number of thiol groups is 1. The van der Waals surface area contributed by atoms with Crippen LogP contribution in [0.25, 0.3) is 0 Å². The smallest absolute Gasteiger partial charge is 0.327 e. The number of amides is 2. The van der Waals surface area contributed by atoms with E-state index in [1.807, 2.05) is 30.3 Å². The zero-order chi connectivity index (χ0) is 18.4. The van der Waals surface area contributed by atoms with Gasteiger partial charge in [-0.2, -0.15) is 12.6 Å². The molecule has 0 radical (unpaired) electrons. The van der Waals surface area contributed by atoms with Gasteiger partial charge in [0.25, 0.3) is 0 Å². The number of carbonyl (C=O) groups is 3. The van der Waals surface area contributed by atoms with E-state index in [0.29, 0.717) is 0 Å². The topological polar surface area (TPSA) is 86.7 Å². The molecule has 8 heteroatoms. The summed E-state index contributed by atoms with van der Waals surface area (Å²) in [5.74, 6) is -1.61. The Balaban J connectivity index is 1.62. The van der Waals surface area contributed by atoms with Crippen LogP contribution in [0.4, 0.5) is 0 Å². The number of carboxylic acid groups (broad SMARTS) is 1. The summed E-state index contributed by atoms with van der Waals surface area (Å²) in [5.41, 5.74) is 0.935. The highest BCUT2D eigenvalue weighted by atomic mass is 32.2. The van der Waals surface area contributed by atoms with Crippen molar-refractivity contribution in [2.24, 2.45) is 0 Å². The molecule has 25 heavy (non-hydrogen) atoms. The number of hydrogen-bond donors (Lipinski definition) is 3. The van der Waals surface area contributed by atoms with Crippen LogP contribution in [-0.2, 0) is 14.4 Å². The fourth-order valence-corrected chi connectivity index (χ4v) is 5.31. The van der Waals surface area contributed by atoms with Crippen molar-refractivity contribution in [3.05, 3.63) is 35.9 Å². The summed E-state index contributed by atoms with van der Waals surface area (Å²) >= 11 is 5.87. The number of benzene rings is 1. The van der Waals surface area contributed by atoms with E-state index in [2.05, 4.69) is 17.9 Å². The van der Waals surface area contributed by atoms with Gasteiger partial charge in [-0.15, -0.1) is 11.8 Å². The zero-order valence-corrected chi connectivity index (χ0v) is 15.6. The van der Waals surface area contributed by atoms with Gasteiger partial charge in [0.05, 0.1) is 0 Å². The zero-order valence-electron chi connectivity index (χ0n) is 13.9. The first-order chi connectivity index (χ1) is 11.7. The monoisotopic (exact) mass is 380 g/mol. The molecule has 2 N–H and O–H groups in total. The predicted molar refractivity (Wildman–Crippen MR) is 98.4 cm³/mol. The first-order valence-corrected chi connectivity index (χ1v) is 9.37. The molecule has 4 atom stereocenters. The molecule has 0 aliphatic carbocycles. The third-order valence-corrected chi connectivity index (χ3v) is 6.61. The molecule has 1 aromatic carbocycles. The Morgan fingerprint density at radius 3 is 2.60 bits per heavy atom. The summed E-state index contributed by atoms with van der Waals surface area (Å²) in [5, 5.41) is 11.6. The Morgan fingerprint density at radius 2 is 2.00 bits per heavy atom. The Bertz CT molecular complexity index is 710. The molecular weight excluding hydrogens is 360 g/mol. The van der Waals surface area contributed by atoms with Gasteiger partial charge < -0.3 is 15.3 Å². The van der Waals surface area contributed by atoms with Crippen LogP contribution in [0, 0.1) is 0 Å². The first kappa shape index (κ1) is 18.1. The molecule has 2 aliphatic rings. The van der Waals surface area contributed by atoms with Gasteiger partial charge in [0.15, 0.2) is 0 Å². The van der Waals surface area contributed by atoms with E-state index in [-0.39, 0.29) is 28.9 Å². The largest absolute Gasteiger partial charge is 0.480 e. The van der Waals surface area contributed by atoms with Crippen molar-refractivity contribution in [3.8, 4) is 0 Å². The van der Waals surface area contributed by atoms with Crippen molar-refractivity contribution in [2.45, 2.75) is 47.7 Å². The molecular formula is C17H20N2O4S2. The van der Waals surface area contributed by atoms with E-state index in [1.54, 1.807) is 13.8 Å². The lowest BCUT2D eigenvalue weighted by Gasteiger charge is -2.43. The highest BCUT2D eigenvalue weighted by Gasteiger charge is 2.64. The molecule has 0 aromatic heterocycles. The van der Waals surface area contributed by atoms with Crippen LogP contribution in [0.1, 0.15) is 31.1 Å². The van der Waals surface area contributed by atoms with Crippen LogP contribution >= 0.6 is 24.4 Å². The van der Waals surface area contributed by atoms with Gasteiger partial charge in [-0.05, 0) is 19.4 Å². The normalized spacial score (nSPS) is 28.0. The Hall–Kier alpha value is -1.67. The molecule has 2 aliphatic heterocycles. The molecule has 2 saturated heterocycles. The molecule has 1 unspecified atom stereocenters. The highest BCUT2D eigenvalue weighted by molar-refractivity contribution is 8.01. The predicted octanol–water partition coefficient (Wildman–Crippen LogP) is 1.68. The highest BCUT2D eigenvalue weighted by Crippen LogP contribution is 2.50. The van der Waals surface area contributed by atoms with E-state index in [9.17, 15) is 19.5 Å². The molecule has 2 amide bonds. The maximum atomic E-state index is 12.4. The van der Waals surface area contributed by atoms with Crippen molar-refractivity contribution < 1.29 is 19.5 Å². The number of aliphatic carboxylic acids is 1. The van der Waals surface area contributed by atoms with E-state index in [0.717, 1.165) is 5.56 Å². The third-order valence-electron chi connectivity index (χ3n) is 4.55. The standard InChI is InChI=1S/C17H20N2O4S2/c1-17(2)13(16(22)23)19-14(21)12(15(19)25-17)18-11(20)8-10(24)9-6-4-3-5-7-9/h3-7,10,12-13,15,24H,8H2,1-2H3,(H,18,20)(H,22,23)/t10?,12-,13+,15-/m1/s1. The lowest BCUT2D eigenvalue weighted by Crippen LogP contribution is -2.70. The maximum absolute atomic E-state index is 12.4. The minimum atomic E-state index is -1.02. The number of hydrogen-bond acceptors (Lipinski definition) is 5. The van der Waals surface area contributed by atoms with Gasteiger partial charge in [-0.3, -0.25) is 9.59 Å². The number of thioether (sulfide) groups is 1. The molecule has 2 heterocycles. The fourth-order valence-electron chi connectivity index (χ4n) is 3.35. The average Bonchev–Trinajstić information content (AvgIpc) is 2.81. The summed E-state index contributed by atoms with van der Waals surface area (Å²) in [6.07, 6.45) is 0.153. The van der Waals surface area contributed by atoms with Crippen LogP contribution in [0.3, 0.4) is 0 Å². The number of carbonyl (C=O) groups excluding carboxylic acids is 2. The third kappa shape index (κ3) is 3.25. The number of nitrogens with one attached hydrogen (secondary N) is 1. The minimum Gasteiger partial charge on any atom is -0.480 e. The molecule has 0 saturated carbocycles. The second-order valence-electron chi connectivity index (χ2n) is 6.77. The first-order valence-electron chi connectivity index (χ1n) is 7.97. The summed E-state index contributed by atoms with van der Waals surface area (Å²) in [6, 6.07) is 7.91. The summed E-state index contributed by atoms with van der Waals surface area (Å²) in [7, 11) is 0. The second-order valence-corrected chi connectivity index (χ2v) is 9.17. The fraction of sp³-hybridized carbons (Fsp3) is 0.471. The van der Waals surface area contributed by atoms with E-state index in [1.165, 1.54) is 16.7 Å². The van der Waals surface area contributed by atoms with Crippen LogP contribution in [-0.4, -0.2) is 50.0 Å². The lowest BCUT2D eigenvalue weighted by atomic mass is 9.96. The van der Waals surface area contributed by atoms with Crippen LogP contribution in [0.2, 0.25) is 0 Å². The SMILES string of the molecule is CC1(C)S[C@@H]2[C@H](NC(=O)CC(S)c3ccccc3)C(=O)N2[C@H]1C(=O)O. The molecule has 0 bridgehead atoms. The van der Waals surface area contributed by atoms with Gasteiger partial charge in [-0.1, -0.05) is 30.3 Å². The average molecular weight is 380 g/mol. The maximum Gasteiger partial charge on any atom is 0.327 e. The summed E-state index contributed by atoms with van der Waals surface area (Å²) < 4.78 is -0.595. The van der Waals surface area contributed by atoms with Crippen molar-refractivity contribution >= 4 is 42.2 Å². The Morgan fingerprint density at radius 1 is 1.36 bits per heavy atom. The van der Waals surface area contributed by atoms with Gasteiger partial charge in [0.1, 0.15) is 17.5 Å². The molecule has 1 aromatic rings. The Kier molecular flexibility index (Phi) is 4.76. The van der Waals surface area contributed by atoms with Crippen LogP contribution < -0.4 is 5.32 Å². The van der Waals surface area contributed by atoms with Gasteiger partial charge >= 0.3 is 5.97 Å². The van der Waals surface area contributed by atoms with Crippen molar-refractivity contribution in [1.82, 2.24) is 10.2 Å². The van der Waals surface area contributed by atoms with Crippen molar-refractivity contribution in [2.75, 3.05) is 0 Å². The van der Waals surface area contributed by atoms with Gasteiger partial charge in [-0.25, -0.2) is 4.79 Å².